The van der Waals surface area contributed by atoms with Gasteiger partial charge in [-0.05, 0) is 37.1 Å². The average Bonchev–Trinajstić information content (AvgIpc) is 3.36. The maximum Gasteiger partial charge on any atom is 0.137 e. The molecule has 0 fully saturated rings. The van der Waals surface area contributed by atoms with Gasteiger partial charge in [0.2, 0.25) is 0 Å². The number of aromatic nitrogens is 3. The fraction of sp³-hybridized carbons (Fsp3) is 0.286. The number of aliphatic hydroxyl groups is 1. The van der Waals surface area contributed by atoms with Crippen molar-refractivity contribution in [2.75, 3.05) is 19.7 Å². The fourth-order valence-electron chi connectivity index (χ4n) is 4.20. The first-order chi connectivity index (χ1) is 17.4. The summed E-state index contributed by atoms with van der Waals surface area (Å²) in [6.45, 7) is 3.68. The number of nitrogens with zero attached hydrogens (tertiary/aromatic N) is 4. The van der Waals surface area contributed by atoms with Crippen molar-refractivity contribution in [3.63, 3.8) is 0 Å². The van der Waals surface area contributed by atoms with Crippen molar-refractivity contribution in [2.24, 2.45) is 0 Å². The van der Waals surface area contributed by atoms with Crippen LogP contribution in [0.25, 0.3) is 0 Å². The van der Waals surface area contributed by atoms with Gasteiger partial charge in [-0.1, -0.05) is 54.1 Å². The first kappa shape index (κ1) is 25.5. The van der Waals surface area contributed by atoms with Gasteiger partial charge in [0.1, 0.15) is 35.6 Å². The number of rotatable bonds is 12. The molecule has 36 heavy (non-hydrogen) atoms. The van der Waals surface area contributed by atoms with E-state index in [2.05, 4.69) is 15.0 Å². The molecule has 0 saturated heterocycles. The zero-order chi connectivity index (χ0) is 25.4. The van der Waals surface area contributed by atoms with Crippen LogP contribution in [0.1, 0.15) is 23.1 Å². The van der Waals surface area contributed by atoms with Crippen LogP contribution in [0.3, 0.4) is 0 Å². The average molecular weight is 493 g/mol. The molecule has 8 heteroatoms. The van der Waals surface area contributed by atoms with Gasteiger partial charge in [-0.2, -0.15) is 5.10 Å². The number of benzene rings is 3. The van der Waals surface area contributed by atoms with Crippen LogP contribution in [0.5, 0.6) is 5.75 Å². The highest BCUT2D eigenvalue weighted by atomic mass is 19.1. The van der Waals surface area contributed by atoms with Gasteiger partial charge in [0.15, 0.2) is 0 Å². The second-order valence-corrected chi connectivity index (χ2v) is 8.96. The number of hydrogen-bond donors (Lipinski definition) is 1. The van der Waals surface area contributed by atoms with E-state index in [1.54, 1.807) is 0 Å². The highest BCUT2D eigenvalue weighted by Crippen LogP contribution is 2.28. The van der Waals surface area contributed by atoms with Crippen LogP contribution >= 0.6 is 0 Å². The highest BCUT2D eigenvalue weighted by molar-refractivity contribution is 5.26. The molecule has 1 N–H and O–H groups in total. The zero-order valence-electron chi connectivity index (χ0n) is 20.2. The quantitative estimate of drug-likeness (QED) is 0.290. The van der Waals surface area contributed by atoms with E-state index in [0.717, 1.165) is 29.0 Å². The van der Waals surface area contributed by atoms with Crippen molar-refractivity contribution in [3.05, 3.63) is 114 Å². The molecule has 0 aliphatic carbocycles. The van der Waals surface area contributed by atoms with Crippen molar-refractivity contribution in [2.45, 2.75) is 32.0 Å². The van der Waals surface area contributed by atoms with Gasteiger partial charge < -0.3 is 9.84 Å². The third kappa shape index (κ3) is 6.96. The van der Waals surface area contributed by atoms with Gasteiger partial charge in [-0.15, -0.1) is 0 Å². The molecule has 1 atom stereocenters. The Balaban J connectivity index is 1.55. The minimum atomic E-state index is -1.68. The van der Waals surface area contributed by atoms with Gasteiger partial charge in [0.05, 0.1) is 13.2 Å². The highest BCUT2D eigenvalue weighted by Gasteiger charge is 2.35. The summed E-state index contributed by atoms with van der Waals surface area (Å²) in [6.07, 6.45) is 3.50. The molecule has 0 aliphatic rings. The molecule has 188 valence electrons. The molecule has 0 bridgehead atoms. The standard InChI is InChI=1S/C28H30F2N4O2/c1-22-8-10-23(11-9-22)17-33(14-5-15-36-25-6-3-2-4-7-25)18-28(35,19-34-21-31-20-32-34)26-13-12-24(29)16-27(26)30/h2-4,6-13,16,20-21,35H,5,14-15,17-19H2,1H3. The summed E-state index contributed by atoms with van der Waals surface area (Å²) in [5.41, 5.74) is 0.537. The van der Waals surface area contributed by atoms with Crippen LogP contribution in [0, 0.1) is 18.6 Å². The molecule has 0 amide bonds. The van der Waals surface area contributed by atoms with E-state index in [9.17, 15) is 13.9 Å². The number of para-hydroxylation sites is 1. The normalized spacial score (nSPS) is 13.0. The van der Waals surface area contributed by atoms with E-state index in [-0.39, 0.29) is 18.7 Å². The molecule has 6 nitrogen and oxygen atoms in total. The lowest BCUT2D eigenvalue weighted by molar-refractivity contribution is -0.0245. The summed E-state index contributed by atoms with van der Waals surface area (Å²) in [6, 6.07) is 21.0. The molecule has 0 aliphatic heterocycles. The van der Waals surface area contributed by atoms with Crippen molar-refractivity contribution >= 4 is 0 Å². The van der Waals surface area contributed by atoms with Crippen LogP contribution in [0.2, 0.25) is 0 Å². The molecule has 0 spiro atoms. The topological polar surface area (TPSA) is 63.4 Å². The van der Waals surface area contributed by atoms with Crippen LogP contribution in [0.4, 0.5) is 8.78 Å². The SMILES string of the molecule is Cc1ccc(CN(CCCOc2ccccc2)CC(O)(Cn2cncn2)c2ccc(F)cc2F)cc1. The molecule has 0 radical (unpaired) electrons. The van der Waals surface area contributed by atoms with Crippen molar-refractivity contribution in [3.8, 4) is 5.75 Å². The lowest BCUT2D eigenvalue weighted by Gasteiger charge is -2.35. The number of ether oxygens (including phenoxy) is 1. The summed E-state index contributed by atoms with van der Waals surface area (Å²) in [5.74, 6) is -0.715. The maximum absolute atomic E-state index is 14.9. The number of halogens is 2. The molecular weight excluding hydrogens is 462 g/mol. The van der Waals surface area contributed by atoms with E-state index >= 15 is 0 Å². The Morgan fingerprint density at radius 2 is 1.81 bits per heavy atom. The summed E-state index contributed by atoms with van der Waals surface area (Å²) in [5, 5.41) is 15.9. The molecule has 4 rings (SSSR count). The van der Waals surface area contributed by atoms with Crippen molar-refractivity contribution in [1.29, 1.82) is 0 Å². The first-order valence-corrected chi connectivity index (χ1v) is 11.9. The second-order valence-electron chi connectivity index (χ2n) is 8.96. The van der Waals surface area contributed by atoms with E-state index in [1.165, 1.54) is 23.4 Å². The predicted molar refractivity (Wildman–Crippen MR) is 133 cm³/mol. The summed E-state index contributed by atoms with van der Waals surface area (Å²) in [7, 11) is 0. The minimum Gasteiger partial charge on any atom is -0.494 e. The summed E-state index contributed by atoms with van der Waals surface area (Å²) in [4.78, 5) is 5.99. The Labute approximate surface area is 209 Å². The largest absolute Gasteiger partial charge is 0.494 e. The van der Waals surface area contributed by atoms with Crippen LogP contribution in [-0.2, 0) is 18.7 Å². The van der Waals surface area contributed by atoms with Crippen LogP contribution in [0.15, 0.2) is 85.5 Å². The lowest BCUT2D eigenvalue weighted by Crippen LogP contribution is -2.45. The molecule has 1 heterocycles. The minimum absolute atomic E-state index is 0.00819. The van der Waals surface area contributed by atoms with Gasteiger partial charge in [-0.3, -0.25) is 4.90 Å². The third-order valence-electron chi connectivity index (χ3n) is 5.97. The Hall–Kier alpha value is -3.62. The third-order valence-corrected chi connectivity index (χ3v) is 5.97. The van der Waals surface area contributed by atoms with Gasteiger partial charge in [-0.25, -0.2) is 18.4 Å². The smallest absolute Gasteiger partial charge is 0.137 e. The fourth-order valence-corrected chi connectivity index (χ4v) is 4.20. The van der Waals surface area contributed by atoms with E-state index in [0.29, 0.717) is 26.1 Å². The number of hydrogen-bond acceptors (Lipinski definition) is 5. The van der Waals surface area contributed by atoms with Crippen molar-refractivity contribution in [1.82, 2.24) is 19.7 Å². The van der Waals surface area contributed by atoms with Gasteiger partial charge >= 0.3 is 0 Å². The maximum atomic E-state index is 14.9. The molecule has 3 aromatic carbocycles. The molecular formula is C28H30F2N4O2. The Bertz CT molecular complexity index is 1220. The van der Waals surface area contributed by atoms with E-state index in [4.69, 9.17) is 4.74 Å². The zero-order valence-corrected chi connectivity index (χ0v) is 20.2. The van der Waals surface area contributed by atoms with E-state index in [1.807, 2.05) is 61.5 Å². The van der Waals surface area contributed by atoms with Gasteiger partial charge in [0.25, 0.3) is 0 Å². The first-order valence-electron chi connectivity index (χ1n) is 11.9. The molecule has 0 saturated carbocycles. The van der Waals surface area contributed by atoms with E-state index < -0.39 is 17.2 Å². The van der Waals surface area contributed by atoms with Crippen LogP contribution < -0.4 is 4.74 Å². The predicted octanol–water partition coefficient (Wildman–Crippen LogP) is 4.72. The van der Waals surface area contributed by atoms with Gasteiger partial charge in [0, 0.05) is 31.3 Å². The second kappa shape index (κ2) is 11.9. The molecule has 1 aromatic heterocycles. The van der Waals surface area contributed by atoms with Crippen LogP contribution in [-0.4, -0.2) is 44.5 Å². The lowest BCUT2D eigenvalue weighted by atomic mass is 9.92. The summed E-state index contributed by atoms with van der Waals surface area (Å²) < 4.78 is 35.9. The number of aryl methyl sites for hydroxylation is 1. The molecule has 1 unspecified atom stereocenters. The Kier molecular flexibility index (Phi) is 8.40. The Morgan fingerprint density at radius 1 is 1.03 bits per heavy atom. The molecule has 4 aromatic rings. The van der Waals surface area contributed by atoms with Crippen molar-refractivity contribution < 1.29 is 18.6 Å². The monoisotopic (exact) mass is 492 g/mol. The summed E-state index contributed by atoms with van der Waals surface area (Å²) >= 11 is 0. The Morgan fingerprint density at radius 3 is 2.50 bits per heavy atom.